The Morgan fingerprint density at radius 3 is 2.55 bits per heavy atom. The number of carboxylic acid groups (broad SMARTS) is 1. The van der Waals surface area contributed by atoms with E-state index >= 15 is 0 Å². The van der Waals surface area contributed by atoms with Gasteiger partial charge >= 0.3 is 5.97 Å². The zero-order valence-corrected chi connectivity index (χ0v) is 11.6. The molecule has 0 atom stereocenters. The molecule has 4 heteroatoms. The fourth-order valence-electron chi connectivity index (χ4n) is 2.31. The summed E-state index contributed by atoms with van der Waals surface area (Å²) in [6.45, 7) is 4.12. The van der Waals surface area contributed by atoms with Gasteiger partial charge in [0.1, 0.15) is 11.2 Å². The highest BCUT2D eigenvalue weighted by Gasteiger charge is 2.54. The lowest BCUT2D eigenvalue weighted by Crippen LogP contribution is -2.22. The Balaban J connectivity index is 2.03. The molecule has 0 radical (unpaired) electrons. The maximum Gasteiger partial charge on any atom is 0.317 e. The number of aliphatic carboxylic acids is 1. The van der Waals surface area contributed by atoms with E-state index in [0.717, 1.165) is 11.3 Å². The second kappa shape index (κ2) is 4.40. The SMILES string of the molecule is Cc1ccc(-c2ccnc(C3(C(=O)O)CC3)n2)cc1C. The van der Waals surface area contributed by atoms with E-state index in [9.17, 15) is 9.90 Å². The molecule has 0 saturated heterocycles. The van der Waals surface area contributed by atoms with Crippen molar-refractivity contribution in [3.63, 3.8) is 0 Å². The fourth-order valence-corrected chi connectivity index (χ4v) is 2.31. The van der Waals surface area contributed by atoms with E-state index in [4.69, 9.17) is 0 Å². The zero-order valence-electron chi connectivity index (χ0n) is 11.6. The van der Waals surface area contributed by atoms with E-state index in [1.165, 1.54) is 11.1 Å². The first kappa shape index (κ1) is 12.8. The smallest absolute Gasteiger partial charge is 0.317 e. The topological polar surface area (TPSA) is 63.1 Å². The summed E-state index contributed by atoms with van der Waals surface area (Å²) < 4.78 is 0. The molecule has 1 aliphatic rings. The van der Waals surface area contributed by atoms with Crippen LogP contribution in [0.25, 0.3) is 11.3 Å². The van der Waals surface area contributed by atoms with E-state index in [1.807, 2.05) is 12.1 Å². The highest BCUT2D eigenvalue weighted by Crippen LogP contribution is 2.47. The van der Waals surface area contributed by atoms with Gasteiger partial charge in [-0.2, -0.15) is 0 Å². The number of hydrogen-bond acceptors (Lipinski definition) is 3. The van der Waals surface area contributed by atoms with E-state index in [1.54, 1.807) is 6.20 Å². The first-order valence-electron chi connectivity index (χ1n) is 6.67. The number of benzene rings is 1. The van der Waals surface area contributed by atoms with Gasteiger partial charge < -0.3 is 5.11 Å². The molecule has 102 valence electrons. The number of carboxylic acids is 1. The van der Waals surface area contributed by atoms with Crippen molar-refractivity contribution in [2.24, 2.45) is 0 Å². The lowest BCUT2D eigenvalue weighted by Gasteiger charge is -2.10. The summed E-state index contributed by atoms with van der Waals surface area (Å²) in [6.07, 6.45) is 2.90. The predicted molar refractivity (Wildman–Crippen MR) is 75.5 cm³/mol. The van der Waals surface area contributed by atoms with Crippen LogP contribution in [-0.2, 0) is 10.2 Å². The maximum absolute atomic E-state index is 11.4. The molecule has 1 saturated carbocycles. The Kier molecular flexibility index (Phi) is 2.82. The summed E-state index contributed by atoms with van der Waals surface area (Å²) in [5.41, 5.74) is 3.35. The lowest BCUT2D eigenvalue weighted by atomic mass is 10.0. The van der Waals surface area contributed by atoms with Crippen molar-refractivity contribution in [2.45, 2.75) is 32.1 Å². The van der Waals surface area contributed by atoms with E-state index < -0.39 is 11.4 Å². The average molecular weight is 268 g/mol. The Morgan fingerprint density at radius 1 is 1.20 bits per heavy atom. The van der Waals surface area contributed by atoms with Gasteiger partial charge in [-0.15, -0.1) is 0 Å². The minimum atomic E-state index is -0.851. The minimum absolute atomic E-state index is 0.431. The van der Waals surface area contributed by atoms with E-state index in [2.05, 4.69) is 35.9 Å². The molecule has 1 aliphatic carbocycles. The Labute approximate surface area is 117 Å². The van der Waals surface area contributed by atoms with Gasteiger partial charge in [0.15, 0.2) is 0 Å². The van der Waals surface area contributed by atoms with Crippen molar-refractivity contribution in [1.82, 2.24) is 9.97 Å². The van der Waals surface area contributed by atoms with Gasteiger partial charge in [0, 0.05) is 11.8 Å². The summed E-state index contributed by atoms with van der Waals surface area (Å²) >= 11 is 0. The summed E-state index contributed by atoms with van der Waals surface area (Å²) in [7, 11) is 0. The normalized spacial score (nSPS) is 15.9. The second-order valence-corrected chi connectivity index (χ2v) is 5.45. The summed E-state index contributed by atoms with van der Waals surface area (Å²) in [4.78, 5) is 20.0. The number of aryl methyl sites for hydroxylation is 2. The third kappa shape index (κ3) is 1.97. The van der Waals surface area contributed by atoms with Gasteiger partial charge in [-0.3, -0.25) is 4.79 Å². The van der Waals surface area contributed by atoms with Crippen LogP contribution in [0.2, 0.25) is 0 Å². The third-order valence-electron chi connectivity index (χ3n) is 4.05. The molecule has 20 heavy (non-hydrogen) atoms. The molecule has 3 rings (SSSR count). The Hall–Kier alpha value is -2.23. The number of aromatic nitrogens is 2. The van der Waals surface area contributed by atoms with Crippen molar-refractivity contribution in [1.29, 1.82) is 0 Å². The highest BCUT2D eigenvalue weighted by molar-refractivity contribution is 5.83. The van der Waals surface area contributed by atoms with Gasteiger partial charge in [-0.25, -0.2) is 9.97 Å². The number of rotatable bonds is 3. The Morgan fingerprint density at radius 2 is 1.95 bits per heavy atom. The molecule has 1 aromatic carbocycles. The molecule has 0 amide bonds. The molecule has 1 N–H and O–H groups in total. The molecule has 0 unspecified atom stereocenters. The molecule has 0 spiro atoms. The monoisotopic (exact) mass is 268 g/mol. The maximum atomic E-state index is 11.4. The van der Waals surface area contributed by atoms with E-state index in [-0.39, 0.29) is 0 Å². The molecule has 0 aliphatic heterocycles. The van der Waals surface area contributed by atoms with E-state index in [0.29, 0.717) is 18.7 Å². The van der Waals surface area contributed by atoms with Crippen LogP contribution < -0.4 is 0 Å². The lowest BCUT2D eigenvalue weighted by molar-refractivity contribution is -0.140. The largest absolute Gasteiger partial charge is 0.480 e. The summed E-state index contributed by atoms with van der Waals surface area (Å²) in [5, 5.41) is 9.32. The molecule has 1 aromatic heterocycles. The van der Waals surface area contributed by atoms with Gasteiger partial charge in [-0.1, -0.05) is 12.1 Å². The van der Waals surface area contributed by atoms with Crippen LogP contribution >= 0.6 is 0 Å². The molecule has 0 bridgehead atoms. The van der Waals surface area contributed by atoms with Gasteiger partial charge in [0.05, 0.1) is 5.69 Å². The number of hydrogen-bond donors (Lipinski definition) is 1. The second-order valence-electron chi connectivity index (χ2n) is 5.45. The van der Waals surface area contributed by atoms with Crippen LogP contribution in [0.3, 0.4) is 0 Å². The van der Waals surface area contributed by atoms with Crippen molar-refractivity contribution < 1.29 is 9.90 Å². The molecule has 4 nitrogen and oxygen atoms in total. The van der Waals surface area contributed by atoms with Gasteiger partial charge in [-0.05, 0) is 49.9 Å². The van der Waals surface area contributed by atoms with Crippen molar-refractivity contribution in [2.75, 3.05) is 0 Å². The first-order valence-corrected chi connectivity index (χ1v) is 6.67. The molecular formula is C16H16N2O2. The Bertz CT molecular complexity index is 691. The highest BCUT2D eigenvalue weighted by atomic mass is 16.4. The van der Waals surface area contributed by atoms with Crippen molar-refractivity contribution >= 4 is 5.97 Å². The average Bonchev–Trinajstić information content (AvgIpc) is 3.24. The van der Waals surface area contributed by atoms with Crippen LogP contribution in [0, 0.1) is 13.8 Å². The standard InChI is InChI=1S/C16H16N2O2/c1-10-3-4-12(9-11(10)2)13-5-8-17-14(18-13)16(6-7-16)15(19)20/h3-5,8-9H,6-7H2,1-2H3,(H,19,20). The summed E-state index contributed by atoms with van der Waals surface area (Å²) in [5.74, 6) is -0.393. The minimum Gasteiger partial charge on any atom is -0.480 e. The first-order chi connectivity index (χ1) is 9.53. The molecule has 1 fully saturated rings. The van der Waals surface area contributed by atoms with Crippen LogP contribution in [0.15, 0.2) is 30.5 Å². The third-order valence-corrected chi connectivity index (χ3v) is 4.05. The molecular weight excluding hydrogens is 252 g/mol. The molecule has 1 heterocycles. The summed E-state index contributed by atoms with van der Waals surface area (Å²) in [6, 6.07) is 7.96. The van der Waals surface area contributed by atoms with Crippen molar-refractivity contribution in [3.05, 3.63) is 47.4 Å². The van der Waals surface area contributed by atoms with Crippen molar-refractivity contribution in [3.8, 4) is 11.3 Å². The number of carbonyl (C=O) groups is 1. The number of nitrogens with zero attached hydrogens (tertiary/aromatic N) is 2. The molecule has 2 aromatic rings. The fraction of sp³-hybridized carbons (Fsp3) is 0.312. The van der Waals surface area contributed by atoms with Crippen LogP contribution in [0.1, 0.15) is 29.8 Å². The predicted octanol–water partition coefficient (Wildman–Crippen LogP) is 2.88. The van der Waals surface area contributed by atoms with Crippen LogP contribution in [0.5, 0.6) is 0 Å². The zero-order chi connectivity index (χ0) is 14.3. The quantitative estimate of drug-likeness (QED) is 0.929. The van der Waals surface area contributed by atoms with Crippen LogP contribution in [-0.4, -0.2) is 21.0 Å². The van der Waals surface area contributed by atoms with Gasteiger partial charge in [0.2, 0.25) is 0 Å². The van der Waals surface area contributed by atoms with Gasteiger partial charge in [0.25, 0.3) is 0 Å². The van der Waals surface area contributed by atoms with Crippen LogP contribution in [0.4, 0.5) is 0 Å².